The predicted molar refractivity (Wildman–Crippen MR) is 68.6 cm³/mol. The first-order chi connectivity index (χ1) is 10.8. The second-order valence-electron chi connectivity index (χ2n) is 5.53. The third-order valence-electron chi connectivity index (χ3n) is 3.98. The average molecular weight is 342 g/mol. The first-order valence-corrected chi connectivity index (χ1v) is 7.08. The second-order valence-corrected chi connectivity index (χ2v) is 5.53. The topological polar surface area (TPSA) is 190 Å². The van der Waals surface area contributed by atoms with Crippen molar-refractivity contribution in [1.29, 1.82) is 0 Å². The van der Waals surface area contributed by atoms with Crippen LogP contribution in [0.4, 0.5) is 0 Å². The first kappa shape index (κ1) is 18.9. The summed E-state index contributed by atoms with van der Waals surface area (Å²) < 4.78 is 15.1. The minimum Gasteiger partial charge on any atom is -0.394 e. The van der Waals surface area contributed by atoms with Gasteiger partial charge >= 0.3 is 0 Å². The Morgan fingerprint density at radius 3 is 1.78 bits per heavy atom. The molecule has 2 fully saturated rings. The van der Waals surface area contributed by atoms with Gasteiger partial charge in [-0.15, -0.1) is 0 Å². The van der Waals surface area contributed by atoms with Gasteiger partial charge in [0.25, 0.3) is 0 Å². The molecule has 0 aromatic rings. The first-order valence-electron chi connectivity index (χ1n) is 7.08. The van der Waals surface area contributed by atoms with E-state index in [0.717, 1.165) is 0 Å². The van der Waals surface area contributed by atoms with Gasteiger partial charge in [-0.25, -0.2) is 0 Å². The molecule has 2 rings (SSSR count). The van der Waals surface area contributed by atoms with E-state index in [1.807, 2.05) is 0 Å². The lowest BCUT2D eigenvalue weighted by atomic mass is 9.97. The fourth-order valence-corrected chi connectivity index (χ4v) is 2.56. The highest BCUT2D eigenvalue weighted by Crippen LogP contribution is 2.28. The monoisotopic (exact) mass is 342 g/mol. The van der Waals surface area contributed by atoms with Gasteiger partial charge < -0.3 is 55.1 Å². The number of rotatable bonds is 4. The SMILES string of the molecule is OCC1O[C@@H](O[C@@H]2[C@H](O)[C@H](O)OC(CO)[C@H]2O)[C@@H](O)C(O)[C@@H]1O. The molecule has 10 atom stereocenters. The van der Waals surface area contributed by atoms with Crippen LogP contribution in [0.2, 0.25) is 0 Å². The van der Waals surface area contributed by atoms with Gasteiger partial charge in [0.2, 0.25) is 0 Å². The van der Waals surface area contributed by atoms with E-state index in [9.17, 15) is 30.6 Å². The van der Waals surface area contributed by atoms with Crippen LogP contribution in [0.15, 0.2) is 0 Å². The molecule has 11 nitrogen and oxygen atoms in total. The van der Waals surface area contributed by atoms with Crippen LogP contribution in [0.3, 0.4) is 0 Å². The van der Waals surface area contributed by atoms with Crippen molar-refractivity contribution in [3.05, 3.63) is 0 Å². The van der Waals surface area contributed by atoms with Crippen LogP contribution in [0, 0.1) is 0 Å². The van der Waals surface area contributed by atoms with Crippen LogP contribution < -0.4 is 0 Å². The maximum Gasteiger partial charge on any atom is 0.187 e. The summed E-state index contributed by atoms with van der Waals surface area (Å²) in [7, 11) is 0. The smallest absolute Gasteiger partial charge is 0.187 e. The lowest BCUT2D eigenvalue weighted by Crippen LogP contribution is -2.64. The highest BCUT2D eigenvalue weighted by molar-refractivity contribution is 4.93. The van der Waals surface area contributed by atoms with Crippen molar-refractivity contribution >= 4 is 0 Å². The number of hydrogen-bond donors (Lipinski definition) is 8. The third-order valence-corrected chi connectivity index (χ3v) is 3.98. The Balaban J connectivity index is 2.11. The van der Waals surface area contributed by atoms with Crippen molar-refractivity contribution in [3.8, 4) is 0 Å². The molecule has 2 heterocycles. The zero-order valence-electron chi connectivity index (χ0n) is 12.0. The van der Waals surface area contributed by atoms with E-state index < -0.39 is 74.6 Å². The molecule has 2 aliphatic rings. The van der Waals surface area contributed by atoms with Gasteiger partial charge in [0.15, 0.2) is 12.6 Å². The predicted octanol–water partition coefficient (Wildman–Crippen LogP) is -5.40. The summed E-state index contributed by atoms with van der Waals surface area (Å²) in [6.07, 6.45) is -15.7. The third kappa shape index (κ3) is 3.65. The molecule has 0 bridgehead atoms. The fourth-order valence-electron chi connectivity index (χ4n) is 2.56. The van der Waals surface area contributed by atoms with E-state index in [0.29, 0.717) is 0 Å². The summed E-state index contributed by atoms with van der Waals surface area (Å²) in [6.45, 7) is -1.34. The molecule has 0 aromatic heterocycles. The van der Waals surface area contributed by atoms with Crippen molar-refractivity contribution in [3.63, 3.8) is 0 Å². The molecule has 0 amide bonds. The van der Waals surface area contributed by atoms with Crippen molar-refractivity contribution < 1.29 is 55.1 Å². The van der Waals surface area contributed by atoms with E-state index in [4.69, 9.17) is 24.4 Å². The van der Waals surface area contributed by atoms with Gasteiger partial charge in [0, 0.05) is 0 Å². The molecule has 11 heteroatoms. The number of ether oxygens (including phenoxy) is 3. The van der Waals surface area contributed by atoms with Crippen molar-refractivity contribution in [2.24, 2.45) is 0 Å². The molecule has 3 unspecified atom stereocenters. The maximum absolute atomic E-state index is 10.00. The lowest BCUT2D eigenvalue weighted by molar-refractivity contribution is -0.355. The van der Waals surface area contributed by atoms with Gasteiger partial charge in [-0.3, -0.25) is 0 Å². The van der Waals surface area contributed by atoms with Crippen LogP contribution >= 0.6 is 0 Å². The van der Waals surface area contributed by atoms with Gasteiger partial charge in [0.05, 0.1) is 13.2 Å². The van der Waals surface area contributed by atoms with Crippen LogP contribution in [-0.4, -0.2) is 115 Å². The summed E-state index contributed by atoms with van der Waals surface area (Å²) >= 11 is 0. The Morgan fingerprint density at radius 2 is 1.22 bits per heavy atom. The molecule has 0 aliphatic carbocycles. The molecular formula is C12H22O11. The van der Waals surface area contributed by atoms with E-state index in [-0.39, 0.29) is 0 Å². The van der Waals surface area contributed by atoms with Gasteiger partial charge in [-0.1, -0.05) is 0 Å². The molecule has 2 aliphatic heterocycles. The molecule has 0 spiro atoms. The quantitative estimate of drug-likeness (QED) is 0.243. The molecule has 0 saturated carbocycles. The van der Waals surface area contributed by atoms with Gasteiger partial charge in [-0.05, 0) is 0 Å². The second kappa shape index (κ2) is 7.63. The minimum atomic E-state index is -1.76. The summed E-state index contributed by atoms with van der Waals surface area (Å²) in [5.41, 5.74) is 0. The Labute approximate surface area is 130 Å². The molecule has 8 N–H and O–H groups in total. The van der Waals surface area contributed by atoms with E-state index in [1.165, 1.54) is 0 Å². The van der Waals surface area contributed by atoms with E-state index in [1.54, 1.807) is 0 Å². The summed E-state index contributed by atoms with van der Waals surface area (Å²) in [4.78, 5) is 0. The Bertz CT molecular complexity index is 380. The number of aliphatic hydroxyl groups excluding tert-OH is 8. The molecule has 0 radical (unpaired) electrons. The summed E-state index contributed by atoms with van der Waals surface area (Å²) in [5.74, 6) is 0. The zero-order chi connectivity index (χ0) is 17.3. The largest absolute Gasteiger partial charge is 0.394 e. The van der Waals surface area contributed by atoms with Crippen molar-refractivity contribution in [2.75, 3.05) is 13.2 Å². The maximum atomic E-state index is 10.00. The van der Waals surface area contributed by atoms with Crippen LogP contribution in [-0.2, 0) is 14.2 Å². The zero-order valence-corrected chi connectivity index (χ0v) is 12.0. The summed E-state index contributed by atoms with van der Waals surface area (Å²) in [5, 5.41) is 76.8. The number of hydrogen-bond acceptors (Lipinski definition) is 11. The van der Waals surface area contributed by atoms with Crippen LogP contribution in [0.5, 0.6) is 0 Å². The van der Waals surface area contributed by atoms with Crippen molar-refractivity contribution in [1.82, 2.24) is 0 Å². The summed E-state index contributed by atoms with van der Waals surface area (Å²) in [6, 6.07) is 0. The highest BCUT2D eigenvalue weighted by atomic mass is 16.7. The molecular weight excluding hydrogens is 320 g/mol. The van der Waals surface area contributed by atoms with Crippen molar-refractivity contribution in [2.45, 2.75) is 61.4 Å². The molecule has 0 aromatic carbocycles. The minimum absolute atomic E-state index is 0.667. The van der Waals surface area contributed by atoms with E-state index in [2.05, 4.69) is 0 Å². The number of aliphatic hydroxyl groups is 8. The average Bonchev–Trinajstić information content (AvgIpc) is 2.54. The van der Waals surface area contributed by atoms with Gasteiger partial charge in [-0.2, -0.15) is 0 Å². The Hall–Kier alpha value is -0.440. The highest BCUT2D eigenvalue weighted by Gasteiger charge is 2.50. The van der Waals surface area contributed by atoms with Crippen LogP contribution in [0.25, 0.3) is 0 Å². The van der Waals surface area contributed by atoms with Crippen LogP contribution in [0.1, 0.15) is 0 Å². The fraction of sp³-hybridized carbons (Fsp3) is 1.00. The molecule has 23 heavy (non-hydrogen) atoms. The Kier molecular flexibility index (Phi) is 6.27. The standard InChI is InChI=1S/C12H22O11/c13-1-3-5(15)7(17)8(18)12(22-3)23-10-6(16)4(2-14)21-11(20)9(10)19/h3-20H,1-2H2/t3?,4?,5-,6-,7?,8+,9+,10+,11-,12+/m1/s1. The Morgan fingerprint density at radius 1 is 0.652 bits per heavy atom. The molecule has 2 saturated heterocycles. The lowest BCUT2D eigenvalue weighted by Gasteiger charge is -2.45. The molecule has 136 valence electrons. The van der Waals surface area contributed by atoms with Gasteiger partial charge in [0.1, 0.15) is 48.8 Å². The van der Waals surface area contributed by atoms with E-state index >= 15 is 0 Å². The normalized spacial score (nSPS) is 51.7.